The van der Waals surface area contributed by atoms with Crippen LogP contribution in [0.1, 0.15) is 24.1 Å². The van der Waals surface area contributed by atoms with E-state index in [1.54, 1.807) is 0 Å². The highest BCUT2D eigenvalue weighted by molar-refractivity contribution is 7.89. The van der Waals surface area contributed by atoms with Gasteiger partial charge >= 0.3 is 0 Å². The van der Waals surface area contributed by atoms with E-state index < -0.39 is 32.6 Å². The molecule has 0 radical (unpaired) electrons. The maximum Gasteiger partial charge on any atom is 0.273 e. The summed E-state index contributed by atoms with van der Waals surface area (Å²) in [5, 5.41) is 10.9. The number of rotatable bonds is 5. The Morgan fingerprint density at radius 2 is 1.79 bits per heavy atom. The summed E-state index contributed by atoms with van der Waals surface area (Å²) in [5.41, 5.74) is 0.227. The Morgan fingerprint density at radius 1 is 1.12 bits per heavy atom. The first kappa shape index (κ1) is 18.0. The molecule has 0 fully saturated rings. The molecule has 6 nitrogen and oxygen atoms in total. The van der Waals surface area contributed by atoms with Crippen molar-refractivity contribution in [3.63, 3.8) is 0 Å². The molecule has 24 heavy (non-hydrogen) atoms. The number of sulfonamides is 1. The van der Waals surface area contributed by atoms with Crippen molar-refractivity contribution >= 4 is 15.7 Å². The van der Waals surface area contributed by atoms with Gasteiger partial charge in [0, 0.05) is 17.7 Å². The molecule has 9 heteroatoms. The molecule has 0 aromatic heterocycles. The monoisotopic (exact) mass is 356 g/mol. The average Bonchev–Trinajstić information content (AvgIpc) is 2.49. The topological polar surface area (TPSA) is 89.3 Å². The molecule has 0 spiro atoms. The Morgan fingerprint density at radius 3 is 2.38 bits per heavy atom. The second kappa shape index (κ2) is 6.62. The Hall–Kier alpha value is -2.39. The van der Waals surface area contributed by atoms with Gasteiger partial charge in [-0.3, -0.25) is 10.1 Å². The lowest BCUT2D eigenvalue weighted by atomic mass is 10.1. The summed E-state index contributed by atoms with van der Waals surface area (Å²) in [5.74, 6) is -2.13. The molecular weight excluding hydrogens is 342 g/mol. The van der Waals surface area contributed by atoms with E-state index in [0.717, 1.165) is 18.2 Å². The fourth-order valence-electron chi connectivity index (χ4n) is 2.10. The van der Waals surface area contributed by atoms with E-state index in [2.05, 4.69) is 4.72 Å². The molecule has 1 N–H and O–H groups in total. The first-order valence-electron chi connectivity index (χ1n) is 6.84. The highest BCUT2D eigenvalue weighted by Gasteiger charge is 2.22. The molecule has 0 heterocycles. The lowest BCUT2D eigenvalue weighted by Crippen LogP contribution is -2.27. The van der Waals surface area contributed by atoms with Gasteiger partial charge in [0.2, 0.25) is 10.0 Å². The Labute approximate surface area is 137 Å². The molecule has 0 saturated heterocycles. The van der Waals surface area contributed by atoms with Crippen molar-refractivity contribution in [2.24, 2.45) is 0 Å². The van der Waals surface area contributed by atoms with Crippen molar-refractivity contribution in [2.45, 2.75) is 24.8 Å². The SMILES string of the molecule is Cc1ccc(S(=O)(=O)N[C@H](C)c2ccc(F)c(F)c2)cc1[N+](=O)[O-]. The van der Waals surface area contributed by atoms with E-state index in [1.165, 1.54) is 32.0 Å². The van der Waals surface area contributed by atoms with E-state index in [4.69, 9.17) is 0 Å². The largest absolute Gasteiger partial charge is 0.273 e. The zero-order valence-electron chi connectivity index (χ0n) is 12.8. The van der Waals surface area contributed by atoms with Crippen LogP contribution in [0.5, 0.6) is 0 Å². The quantitative estimate of drug-likeness (QED) is 0.658. The minimum atomic E-state index is -4.07. The fraction of sp³-hybridized carbons (Fsp3) is 0.200. The van der Waals surface area contributed by atoms with Crippen LogP contribution in [-0.4, -0.2) is 13.3 Å². The second-order valence-corrected chi connectivity index (χ2v) is 6.94. The lowest BCUT2D eigenvalue weighted by Gasteiger charge is -2.15. The zero-order chi connectivity index (χ0) is 18.1. The van der Waals surface area contributed by atoms with Crippen LogP contribution in [0.4, 0.5) is 14.5 Å². The Bertz CT molecular complexity index is 900. The van der Waals surface area contributed by atoms with Crippen molar-refractivity contribution < 1.29 is 22.1 Å². The second-order valence-electron chi connectivity index (χ2n) is 5.22. The predicted octanol–water partition coefficient (Wildman–Crippen LogP) is 3.22. The number of hydrogen-bond acceptors (Lipinski definition) is 4. The smallest absolute Gasteiger partial charge is 0.258 e. The molecule has 0 bridgehead atoms. The molecule has 0 aliphatic heterocycles. The van der Waals surface area contributed by atoms with E-state index in [1.807, 2.05) is 0 Å². The van der Waals surface area contributed by atoms with Crippen LogP contribution < -0.4 is 4.72 Å². The lowest BCUT2D eigenvalue weighted by molar-refractivity contribution is -0.385. The number of halogens is 2. The fourth-order valence-corrected chi connectivity index (χ4v) is 3.36. The standard InChI is InChI=1S/C15H14F2N2O4S/c1-9-3-5-12(8-15(9)19(20)21)24(22,23)18-10(2)11-4-6-13(16)14(17)7-11/h3-8,10,18H,1-2H3/t10-/m1/s1. The predicted molar refractivity (Wildman–Crippen MR) is 82.9 cm³/mol. The molecule has 128 valence electrons. The minimum Gasteiger partial charge on any atom is -0.258 e. The van der Waals surface area contributed by atoms with Crippen LogP contribution in [0, 0.1) is 28.7 Å². The highest BCUT2D eigenvalue weighted by Crippen LogP contribution is 2.24. The summed E-state index contributed by atoms with van der Waals surface area (Å²) in [6, 6.07) is 5.70. The van der Waals surface area contributed by atoms with Gasteiger partial charge in [-0.05, 0) is 37.6 Å². The molecule has 1 atom stereocenters. The number of nitrogens with zero attached hydrogens (tertiary/aromatic N) is 1. The first-order valence-corrected chi connectivity index (χ1v) is 8.32. The van der Waals surface area contributed by atoms with Gasteiger partial charge in [-0.1, -0.05) is 12.1 Å². The molecule has 2 aromatic carbocycles. The average molecular weight is 356 g/mol. The number of nitrogens with one attached hydrogen (secondary N) is 1. The minimum absolute atomic E-state index is 0.221. The van der Waals surface area contributed by atoms with Gasteiger partial charge in [-0.2, -0.15) is 0 Å². The van der Waals surface area contributed by atoms with Crippen LogP contribution in [-0.2, 0) is 10.0 Å². The van der Waals surface area contributed by atoms with E-state index in [-0.39, 0.29) is 16.1 Å². The molecule has 0 saturated carbocycles. The number of nitro groups is 1. The van der Waals surface area contributed by atoms with Gasteiger partial charge in [-0.15, -0.1) is 0 Å². The van der Waals surface area contributed by atoms with Gasteiger partial charge < -0.3 is 0 Å². The zero-order valence-corrected chi connectivity index (χ0v) is 13.6. The van der Waals surface area contributed by atoms with E-state index >= 15 is 0 Å². The van der Waals surface area contributed by atoms with Crippen molar-refractivity contribution in [2.75, 3.05) is 0 Å². The third-order valence-corrected chi connectivity index (χ3v) is 5.00. The third-order valence-electron chi connectivity index (χ3n) is 3.46. The Balaban J connectivity index is 2.32. The third kappa shape index (κ3) is 3.74. The van der Waals surface area contributed by atoms with Crippen LogP contribution >= 0.6 is 0 Å². The van der Waals surface area contributed by atoms with Crippen LogP contribution in [0.15, 0.2) is 41.3 Å². The Kier molecular flexibility index (Phi) is 4.95. The molecule has 0 amide bonds. The summed E-state index contributed by atoms with van der Waals surface area (Å²) < 4.78 is 53.2. The van der Waals surface area contributed by atoms with Crippen LogP contribution in [0.3, 0.4) is 0 Å². The van der Waals surface area contributed by atoms with Crippen LogP contribution in [0.25, 0.3) is 0 Å². The first-order chi connectivity index (χ1) is 11.1. The molecule has 2 rings (SSSR count). The van der Waals surface area contributed by atoms with Crippen molar-refractivity contribution in [1.82, 2.24) is 4.72 Å². The summed E-state index contributed by atoms with van der Waals surface area (Å²) in [6.07, 6.45) is 0. The summed E-state index contributed by atoms with van der Waals surface area (Å²) >= 11 is 0. The van der Waals surface area contributed by atoms with Gasteiger partial charge in [0.05, 0.1) is 9.82 Å². The number of benzene rings is 2. The maximum atomic E-state index is 13.3. The molecular formula is C15H14F2N2O4S. The summed E-state index contributed by atoms with van der Waals surface area (Å²) in [4.78, 5) is 9.97. The van der Waals surface area contributed by atoms with Crippen LogP contribution in [0.2, 0.25) is 0 Å². The van der Waals surface area contributed by atoms with Gasteiger partial charge in [-0.25, -0.2) is 21.9 Å². The molecule has 0 aliphatic rings. The van der Waals surface area contributed by atoms with Crippen molar-refractivity contribution in [1.29, 1.82) is 0 Å². The number of nitro benzene ring substituents is 1. The summed E-state index contributed by atoms with van der Waals surface area (Å²) in [7, 11) is -4.07. The number of aryl methyl sites for hydroxylation is 1. The highest BCUT2D eigenvalue weighted by atomic mass is 32.2. The molecule has 0 unspecified atom stereocenters. The van der Waals surface area contributed by atoms with Gasteiger partial charge in [0.25, 0.3) is 5.69 Å². The summed E-state index contributed by atoms with van der Waals surface area (Å²) in [6.45, 7) is 2.94. The number of hydrogen-bond donors (Lipinski definition) is 1. The molecule has 0 aliphatic carbocycles. The normalized spacial score (nSPS) is 12.8. The molecule has 2 aromatic rings. The van der Waals surface area contributed by atoms with E-state index in [0.29, 0.717) is 5.56 Å². The van der Waals surface area contributed by atoms with Crippen molar-refractivity contribution in [3.05, 3.63) is 69.3 Å². The maximum absolute atomic E-state index is 13.3. The van der Waals surface area contributed by atoms with Gasteiger partial charge in [0.15, 0.2) is 11.6 Å². The van der Waals surface area contributed by atoms with E-state index in [9.17, 15) is 27.3 Å². The van der Waals surface area contributed by atoms with Crippen molar-refractivity contribution in [3.8, 4) is 0 Å². The van der Waals surface area contributed by atoms with Gasteiger partial charge in [0.1, 0.15) is 0 Å².